The summed E-state index contributed by atoms with van der Waals surface area (Å²) in [5.41, 5.74) is 1.05. The molecule has 1 aromatic carbocycles. The first-order chi connectivity index (χ1) is 11.3. The topological polar surface area (TPSA) is 99.8 Å². The van der Waals surface area contributed by atoms with Crippen LogP contribution in [0.2, 0.25) is 0 Å². The van der Waals surface area contributed by atoms with E-state index in [2.05, 4.69) is 5.32 Å². The second-order valence-corrected chi connectivity index (χ2v) is 6.29. The lowest BCUT2D eigenvalue weighted by Gasteiger charge is -2.17. The summed E-state index contributed by atoms with van der Waals surface area (Å²) in [5, 5.41) is 23.1. The zero-order chi connectivity index (χ0) is 17.9. The molecule has 6 nitrogen and oxygen atoms in total. The van der Waals surface area contributed by atoms with Crippen molar-refractivity contribution in [2.24, 2.45) is 5.92 Å². The van der Waals surface area contributed by atoms with Crippen LogP contribution in [0.15, 0.2) is 27.4 Å². The third-order valence-electron chi connectivity index (χ3n) is 3.99. The zero-order valence-electron chi connectivity index (χ0n) is 14.1. The van der Waals surface area contributed by atoms with E-state index < -0.39 is 17.6 Å². The van der Waals surface area contributed by atoms with Crippen LogP contribution in [-0.2, 0) is 17.8 Å². The summed E-state index contributed by atoms with van der Waals surface area (Å²) in [6.07, 6.45) is 1.12. The van der Waals surface area contributed by atoms with Crippen molar-refractivity contribution in [3.05, 3.63) is 39.7 Å². The van der Waals surface area contributed by atoms with Crippen LogP contribution in [0.1, 0.15) is 38.3 Å². The number of aryl methyl sites for hydroxylation is 1. The summed E-state index contributed by atoms with van der Waals surface area (Å²) in [6, 6.07) is 3.95. The van der Waals surface area contributed by atoms with Gasteiger partial charge in [0.25, 0.3) is 0 Å². The molecule has 3 N–H and O–H groups in total. The third kappa shape index (κ3) is 3.94. The van der Waals surface area contributed by atoms with Crippen LogP contribution >= 0.6 is 0 Å². The zero-order valence-corrected chi connectivity index (χ0v) is 14.1. The van der Waals surface area contributed by atoms with Gasteiger partial charge in [0.1, 0.15) is 17.4 Å². The first kappa shape index (κ1) is 18.0. The number of fused-ring (bicyclic) bond motifs is 1. The van der Waals surface area contributed by atoms with Crippen molar-refractivity contribution < 1.29 is 19.4 Å². The van der Waals surface area contributed by atoms with E-state index in [9.17, 15) is 19.8 Å². The Kier molecular flexibility index (Phi) is 5.62. The minimum Gasteiger partial charge on any atom is -0.507 e. The number of hydrogen-bond acceptors (Lipinski definition) is 5. The van der Waals surface area contributed by atoms with Gasteiger partial charge < -0.3 is 19.9 Å². The van der Waals surface area contributed by atoms with Crippen LogP contribution in [0.25, 0.3) is 11.0 Å². The first-order valence-electron chi connectivity index (χ1n) is 8.07. The molecule has 2 aromatic rings. The Hall–Kier alpha value is -2.34. The average Bonchev–Trinajstić information content (AvgIpc) is 2.51. The van der Waals surface area contributed by atoms with E-state index >= 15 is 0 Å². The molecular weight excluding hydrogens is 310 g/mol. The predicted molar refractivity (Wildman–Crippen MR) is 91.2 cm³/mol. The Morgan fingerprint density at radius 2 is 2.04 bits per heavy atom. The molecular formula is C18H23NO5. The second-order valence-electron chi connectivity index (χ2n) is 6.29. The molecule has 130 valence electrons. The van der Waals surface area contributed by atoms with E-state index in [4.69, 9.17) is 4.42 Å². The maximum atomic E-state index is 11.8. The number of benzene rings is 1. The van der Waals surface area contributed by atoms with Crippen molar-refractivity contribution in [3.8, 4) is 5.75 Å². The van der Waals surface area contributed by atoms with Gasteiger partial charge >= 0.3 is 11.6 Å². The number of aliphatic carboxylic acids is 1. The molecule has 6 heteroatoms. The second kappa shape index (κ2) is 7.49. The number of aromatic hydroxyl groups is 1. The summed E-state index contributed by atoms with van der Waals surface area (Å²) in [7, 11) is 0. The fraction of sp³-hybridized carbons (Fsp3) is 0.444. The van der Waals surface area contributed by atoms with Crippen LogP contribution in [0.5, 0.6) is 5.75 Å². The first-order valence-corrected chi connectivity index (χ1v) is 8.07. The molecule has 0 aliphatic rings. The molecule has 0 spiro atoms. The Labute approximate surface area is 140 Å². The van der Waals surface area contributed by atoms with E-state index in [1.807, 2.05) is 20.8 Å². The number of rotatable bonds is 7. The summed E-state index contributed by atoms with van der Waals surface area (Å²) in [4.78, 5) is 23.1. The molecule has 0 radical (unpaired) electrons. The molecule has 0 bridgehead atoms. The smallest absolute Gasteiger partial charge is 0.336 e. The Bertz CT molecular complexity index is 794. The quantitative estimate of drug-likeness (QED) is 0.674. The lowest BCUT2D eigenvalue weighted by molar-refractivity contribution is -0.140. The third-order valence-corrected chi connectivity index (χ3v) is 3.99. The number of phenolic OH excluding ortho intramolecular Hbond substituents is 1. The number of carboxylic acid groups (broad SMARTS) is 1. The monoisotopic (exact) mass is 333 g/mol. The van der Waals surface area contributed by atoms with E-state index in [0.29, 0.717) is 24.0 Å². The van der Waals surface area contributed by atoms with Crippen molar-refractivity contribution in [2.75, 3.05) is 0 Å². The number of nitrogens with one attached hydrogen (secondary N) is 1. The molecule has 1 atom stereocenters. The maximum absolute atomic E-state index is 11.8. The van der Waals surface area contributed by atoms with Crippen LogP contribution in [0.3, 0.4) is 0 Å². The molecule has 24 heavy (non-hydrogen) atoms. The lowest BCUT2D eigenvalue weighted by atomic mass is 10.0. The molecule has 1 aromatic heterocycles. The fourth-order valence-electron chi connectivity index (χ4n) is 2.77. The highest BCUT2D eigenvalue weighted by molar-refractivity contribution is 5.85. The molecule has 0 aliphatic carbocycles. The average molecular weight is 333 g/mol. The summed E-state index contributed by atoms with van der Waals surface area (Å²) in [5.74, 6) is -0.761. The van der Waals surface area contributed by atoms with Gasteiger partial charge in [0.15, 0.2) is 0 Å². The van der Waals surface area contributed by atoms with Gasteiger partial charge in [-0.15, -0.1) is 0 Å². The van der Waals surface area contributed by atoms with E-state index in [1.165, 1.54) is 12.1 Å². The van der Waals surface area contributed by atoms with Gasteiger partial charge in [-0.05, 0) is 36.5 Å². The standard InChI is InChI=1S/C18H23NO5/c1-4-11-8-16(21)24-17-12(11)5-6-15(20)13(17)9-19-14(18(22)23)7-10(2)3/h5-6,8,10,14,19-20H,4,7,9H2,1-3H3,(H,22,23). The molecule has 0 saturated heterocycles. The summed E-state index contributed by atoms with van der Waals surface area (Å²) >= 11 is 0. The molecule has 0 aliphatic heterocycles. The van der Waals surface area contributed by atoms with Gasteiger partial charge in [0.05, 0.1) is 5.56 Å². The number of phenols is 1. The summed E-state index contributed by atoms with van der Waals surface area (Å²) < 4.78 is 5.29. The SMILES string of the molecule is CCc1cc(=O)oc2c(CNC(CC(C)C)C(=O)O)c(O)ccc12. The number of hydrogen-bond donors (Lipinski definition) is 3. The van der Waals surface area contributed by atoms with Crippen molar-refractivity contribution in [1.82, 2.24) is 5.32 Å². The molecule has 1 heterocycles. The minimum absolute atomic E-state index is 0.0277. The van der Waals surface area contributed by atoms with Crippen LogP contribution in [0.4, 0.5) is 0 Å². The van der Waals surface area contributed by atoms with Gasteiger partial charge in [-0.25, -0.2) is 4.79 Å². The highest BCUT2D eigenvalue weighted by atomic mass is 16.4. The van der Waals surface area contributed by atoms with Gasteiger partial charge in [-0.3, -0.25) is 4.79 Å². The highest BCUT2D eigenvalue weighted by Gasteiger charge is 2.20. The predicted octanol–water partition coefficient (Wildman–Crippen LogP) is 2.65. The maximum Gasteiger partial charge on any atom is 0.336 e. The Balaban J connectivity index is 2.41. The van der Waals surface area contributed by atoms with Crippen molar-refractivity contribution in [3.63, 3.8) is 0 Å². The number of carboxylic acids is 1. The molecule has 0 saturated carbocycles. The van der Waals surface area contributed by atoms with Gasteiger partial charge in [0, 0.05) is 18.0 Å². The van der Waals surface area contributed by atoms with Crippen molar-refractivity contribution in [1.29, 1.82) is 0 Å². The fourth-order valence-corrected chi connectivity index (χ4v) is 2.77. The Morgan fingerprint density at radius 1 is 1.33 bits per heavy atom. The molecule has 0 amide bonds. The van der Waals surface area contributed by atoms with Crippen LogP contribution in [-0.4, -0.2) is 22.2 Å². The van der Waals surface area contributed by atoms with Gasteiger partial charge in [-0.2, -0.15) is 0 Å². The Morgan fingerprint density at radius 3 is 2.62 bits per heavy atom. The van der Waals surface area contributed by atoms with Gasteiger partial charge in [-0.1, -0.05) is 20.8 Å². The van der Waals surface area contributed by atoms with E-state index in [0.717, 1.165) is 10.9 Å². The molecule has 2 rings (SSSR count). The molecule has 0 fully saturated rings. The normalized spacial score (nSPS) is 12.7. The summed E-state index contributed by atoms with van der Waals surface area (Å²) in [6.45, 7) is 5.92. The molecule has 1 unspecified atom stereocenters. The van der Waals surface area contributed by atoms with Crippen LogP contribution < -0.4 is 10.9 Å². The van der Waals surface area contributed by atoms with E-state index in [1.54, 1.807) is 6.07 Å². The van der Waals surface area contributed by atoms with Gasteiger partial charge in [0.2, 0.25) is 0 Å². The van der Waals surface area contributed by atoms with Crippen LogP contribution in [0, 0.1) is 5.92 Å². The highest BCUT2D eigenvalue weighted by Crippen LogP contribution is 2.28. The van der Waals surface area contributed by atoms with E-state index in [-0.39, 0.29) is 18.2 Å². The number of carbonyl (C=O) groups is 1. The van der Waals surface area contributed by atoms with Crippen molar-refractivity contribution >= 4 is 16.9 Å². The minimum atomic E-state index is -0.945. The van der Waals surface area contributed by atoms with Crippen molar-refractivity contribution in [2.45, 2.75) is 46.2 Å². The largest absolute Gasteiger partial charge is 0.507 e. The lowest BCUT2D eigenvalue weighted by Crippen LogP contribution is -2.37.